The van der Waals surface area contributed by atoms with E-state index in [1.807, 2.05) is 18.2 Å². The van der Waals surface area contributed by atoms with E-state index in [9.17, 15) is 19.7 Å². The Hall–Kier alpha value is -2.94. The zero-order valence-corrected chi connectivity index (χ0v) is 17.3. The number of rotatable bonds is 6. The number of halogens is 1. The van der Waals surface area contributed by atoms with Gasteiger partial charge >= 0.3 is 5.97 Å². The van der Waals surface area contributed by atoms with Gasteiger partial charge in [0.2, 0.25) is 0 Å². The Morgan fingerprint density at radius 1 is 1.28 bits per heavy atom. The van der Waals surface area contributed by atoms with Crippen molar-refractivity contribution in [2.75, 3.05) is 31.6 Å². The largest absolute Gasteiger partial charge is 0.465 e. The molecule has 3 rings (SSSR count). The summed E-state index contributed by atoms with van der Waals surface area (Å²) < 4.78 is 5.62. The van der Waals surface area contributed by atoms with Crippen LogP contribution >= 0.6 is 15.9 Å². The molecule has 9 heteroatoms. The summed E-state index contributed by atoms with van der Waals surface area (Å²) in [5, 5.41) is 13.9. The second-order valence-electron chi connectivity index (χ2n) is 6.81. The summed E-state index contributed by atoms with van der Waals surface area (Å²) in [6.07, 6.45) is 0.926. The molecule has 1 aliphatic heterocycles. The molecule has 29 heavy (non-hydrogen) atoms. The van der Waals surface area contributed by atoms with Crippen molar-refractivity contribution in [1.29, 1.82) is 0 Å². The van der Waals surface area contributed by atoms with Crippen LogP contribution in [0.2, 0.25) is 0 Å². The van der Waals surface area contributed by atoms with Gasteiger partial charge in [0.05, 0.1) is 17.6 Å². The van der Waals surface area contributed by atoms with Gasteiger partial charge in [-0.2, -0.15) is 0 Å². The molecule has 1 atom stereocenters. The minimum Gasteiger partial charge on any atom is -0.465 e. The monoisotopic (exact) mass is 461 g/mol. The van der Waals surface area contributed by atoms with Crippen LogP contribution in [0.25, 0.3) is 0 Å². The van der Waals surface area contributed by atoms with Crippen molar-refractivity contribution >= 4 is 39.2 Å². The minimum atomic E-state index is -0.733. The average Bonchev–Trinajstić information content (AvgIpc) is 3.20. The molecule has 2 aromatic carbocycles. The molecule has 1 aliphatic rings. The Balaban J connectivity index is 1.64. The standard InChI is InChI=1S/C20H20BrN3O5/c1-29-20(26)15-7-14(8-18(9-15)24(27)28)19(25)22-11-13-5-6-23(12-13)17-4-2-3-16(21)10-17/h2-4,7-10,13H,5-6,11-12H2,1H3,(H,22,25). The minimum absolute atomic E-state index is 0.0338. The fourth-order valence-corrected chi connectivity index (χ4v) is 3.72. The molecule has 1 saturated heterocycles. The molecule has 0 radical (unpaired) electrons. The average molecular weight is 462 g/mol. The lowest BCUT2D eigenvalue weighted by molar-refractivity contribution is -0.384. The molecule has 1 unspecified atom stereocenters. The summed E-state index contributed by atoms with van der Waals surface area (Å²) in [6.45, 7) is 2.14. The summed E-state index contributed by atoms with van der Waals surface area (Å²) in [5.74, 6) is -0.931. The smallest absolute Gasteiger partial charge is 0.338 e. The molecule has 0 spiro atoms. The van der Waals surface area contributed by atoms with Crippen molar-refractivity contribution in [2.45, 2.75) is 6.42 Å². The normalized spacial score (nSPS) is 15.8. The number of esters is 1. The zero-order valence-electron chi connectivity index (χ0n) is 15.8. The van der Waals surface area contributed by atoms with Crippen molar-refractivity contribution in [3.8, 4) is 0 Å². The third kappa shape index (κ3) is 5.11. The number of benzene rings is 2. The number of non-ortho nitro benzene ring substituents is 1. The number of anilines is 1. The van der Waals surface area contributed by atoms with E-state index in [0.29, 0.717) is 6.54 Å². The highest BCUT2D eigenvalue weighted by atomic mass is 79.9. The second kappa shape index (κ2) is 9.04. The predicted molar refractivity (Wildman–Crippen MR) is 111 cm³/mol. The topological polar surface area (TPSA) is 102 Å². The lowest BCUT2D eigenvalue weighted by Crippen LogP contribution is -2.31. The Morgan fingerprint density at radius 2 is 2.03 bits per heavy atom. The van der Waals surface area contributed by atoms with Crippen LogP contribution in [0.3, 0.4) is 0 Å². The fraction of sp³-hybridized carbons (Fsp3) is 0.300. The van der Waals surface area contributed by atoms with Crippen LogP contribution in [0, 0.1) is 16.0 Å². The number of methoxy groups -OCH3 is 1. The maximum absolute atomic E-state index is 12.5. The number of nitro groups is 1. The second-order valence-corrected chi connectivity index (χ2v) is 7.72. The number of amides is 1. The Kier molecular flexibility index (Phi) is 6.48. The molecule has 2 aromatic rings. The van der Waals surface area contributed by atoms with E-state index in [1.165, 1.54) is 13.2 Å². The number of nitrogens with one attached hydrogen (secondary N) is 1. The number of nitrogens with zero attached hydrogens (tertiary/aromatic N) is 2. The van der Waals surface area contributed by atoms with Gasteiger partial charge in [0.25, 0.3) is 11.6 Å². The fourth-order valence-electron chi connectivity index (χ4n) is 3.33. The van der Waals surface area contributed by atoms with Gasteiger partial charge in [0.1, 0.15) is 0 Å². The Bertz CT molecular complexity index is 949. The molecule has 1 amide bonds. The van der Waals surface area contributed by atoms with Crippen molar-refractivity contribution < 1.29 is 19.2 Å². The van der Waals surface area contributed by atoms with Crippen LogP contribution in [0.15, 0.2) is 46.9 Å². The first-order valence-electron chi connectivity index (χ1n) is 9.04. The van der Waals surface area contributed by atoms with Crippen molar-refractivity contribution in [3.63, 3.8) is 0 Å². The van der Waals surface area contributed by atoms with Crippen molar-refractivity contribution in [2.24, 2.45) is 5.92 Å². The van der Waals surface area contributed by atoms with E-state index in [0.717, 1.165) is 41.8 Å². The molecule has 8 nitrogen and oxygen atoms in total. The van der Waals surface area contributed by atoms with E-state index < -0.39 is 16.8 Å². The lowest BCUT2D eigenvalue weighted by atomic mass is 10.1. The van der Waals surface area contributed by atoms with Gasteiger partial charge in [-0.05, 0) is 36.6 Å². The quantitative estimate of drug-likeness (QED) is 0.401. The summed E-state index contributed by atoms with van der Waals surface area (Å²) in [6, 6.07) is 11.6. The highest BCUT2D eigenvalue weighted by molar-refractivity contribution is 9.10. The predicted octanol–water partition coefficient (Wildman–Crippen LogP) is 3.40. The Morgan fingerprint density at radius 3 is 2.72 bits per heavy atom. The maximum atomic E-state index is 12.5. The summed E-state index contributed by atoms with van der Waals surface area (Å²) >= 11 is 3.47. The number of hydrogen-bond donors (Lipinski definition) is 1. The first-order chi connectivity index (χ1) is 13.9. The SMILES string of the molecule is COC(=O)c1cc(C(=O)NCC2CCN(c3cccc(Br)c3)C2)cc([N+](=O)[O-])c1. The molecular weight excluding hydrogens is 442 g/mol. The highest BCUT2D eigenvalue weighted by Gasteiger charge is 2.24. The number of ether oxygens (including phenoxy) is 1. The Labute approximate surface area is 176 Å². The van der Waals surface area contributed by atoms with Crippen molar-refractivity contribution in [3.05, 3.63) is 68.2 Å². The van der Waals surface area contributed by atoms with Gasteiger partial charge in [0, 0.05) is 47.5 Å². The third-order valence-electron chi connectivity index (χ3n) is 4.82. The van der Waals surface area contributed by atoms with Gasteiger partial charge in [-0.25, -0.2) is 4.79 Å². The number of nitro benzene ring substituents is 1. The highest BCUT2D eigenvalue weighted by Crippen LogP contribution is 2.26. The molecule has 0 bridgehead atoms. The zero-order chi connectivity index (χ0) is 21.0. The molecule has 0 aromatic heterocycles. The van der Waals surface area contributed by atoms with Crippen LogP contribution in [-0.2, 0) is 4.74 Å². The van der Waals surface area contributed by atoms with Crippen LogP contribution in [-0.4, -0.2) is 43.5 Å². The van der Waals surface area contributed by atoms with Gasteiger partial charge in [-0.3, -0.25) is 14.9 Å². The first-order valence-corrected chi connectivity index (χ1v) is 9.83. The van der Waals surface area contributed by atoms with Crippen LogP contribution < -0.4 is 10.2 Å². The van der Waals surface area contributed by atoms with Crippen LogP contribution in [0.4, 0.5) is 11.4 Å². The number of hydrogen-bond acceptors (Lipinski definition) is 6. The molecule has 152 valence electrons. The van der Waals surface area contributed by atoms with E-state index in [2.05, 4.69) is 36.9 Å². The summed E-state index contributed by atoms with van der Waals surface area (Å²) in [4.78, 5) is 37.0. The van der Waals surface area contributed by atoms with Gasteiger partial charge in [0.15, 0.2) is 0 Å². The molecule has 0 saturated carbocycles. The van der Waals surface area contributed by atoms with Gasteiger partial charge in [-0.15, -0.1) is 0 Å². The number of carbonyl (C=O) groups excluding carboxylic acids is 2. The van der Waals surface area contributed by atoms with Crippen molar-refractivity contribution in [1.82, 2.24) is 5.32 Å². The number of carbonyl (C=O) groups is 2. The molecular formula is C20H20BrN3O5. The first kappa shape index (κ1) is 20.8. The molecule has 1 heterocycles. The van der Waals surface area contributed by atoms with Crippen LogP contribution in [0.5, 0.6) is 0 Å². The van der Waals surface area contributed by atoms with Gasteiger partial charge < -0.3 is 15.0 Å². The van der Waals surface area contributed by atoms with Crippen LogP contribution in [0.1, 0.15) is 27.1 Å². The third-order valence-corrected chi connectivity index (χ3v) is 5.32. The van der Waals surface area contributed by atoms with E-state index >= 15 is 0 Å². The molecule has 0 aliphatic carbocycles. The van der Waals surface area contributed by atoms with E-state index in [1.54, 1.807) is 0 Å². The van der Waals surface area contributed by atoms with E-state index in [-0.39, 0.29) is 22.7 Å². The van der Waals surface area contributed by atoms with Gasteiger partial charge in [-0.1, -0.05) is 22.0 Å². The lowest BCUT2D eigenvalue weighted by Gasteiger charge is -2.19. The maximum Gasteiger partial charge on any atom is 0.338 e. The molecule has 1 N–H and O–H groups in total. The summed E-state index contributed by atoms with van der Waals surface area (Å²) in [5.41, 5.74) is 0.810. The molecule has 1 fully saturated rings. The van der Waals surface area contributed by atoms with E-state index in [4.69, 9.17) is 0 Å². The summed E-state index contributed by atoms with van der Waals surface area (Å²) in [7, 11) is 1.18.